The summed E-state index contributed by atoms with van der Waals surface area (Å²) in [6.45, 7) is 2.62. The Labute approximate surface area is 153 Å². The van der Waals surface area contributed by atoms with Gasteiger partial charge < -0.3 is 9.47 Å². The van der Waals surface area contributed by atoms with Crippen molar-refractivity contribution in [1.82, 2.24) is 4.98 Å². The fourth-order valence-corrected chi connectivity index (χ4v) is 2.45. The van der Waals surface area contributed by atoms with Crippen molar-refractivity contribution in [1.29, 1.82) is 0 Å². The van der Waals surface area contributed by atoms with E-state index in [1.54, 1.807) is 42.5 Å². The van der Waals surface area contributed by atoms with Crippen LogP contribution in [0, 0.1) is 0 Å². The highest BCUT2D eigenvalue weighted by molar-refractivity contribution is 5.90. The van der Waals surface area contributed by atoms with E-state index >= 15 is 0 Å². The van der Waals surface area contributed by atoms with Gasteiger partial charge in [-0.25, -0.2) is 4.79 Å². The number of esters is 1. The van der Waals surface area contributed by atoms with Gasteiger partial charge in [0.15, 0.2) is 0 Å². The molecular weight excluding hydrogens is 326 g/mol. The second-order valence-corrected chi connectivity index (χ2v) is 5.84. The minimum Gasteiger partial charge on any atom is -0.493 e. The third-order valence-corrected chi connectivity index (χ3v) is 3.95. The smallest absolute Gasteiger partial charge is 0.343 e. The lowest BCUT2D eigenvalue weighted by Crippen LogP contribution is -2.08. The Morgan fingerprint density at radius 2 is 1.77 bits per heavy atom. The number of hydrogen-bond donors (Lipinski definition) is 0. The van der Waals surface area contributed by atoms with Gasteiger partial charge in [-0.05, 0) is 42.3 Å². The van der Waals surface area contributed by atoms with Gasteiger partial charge in [0, 0.05) is 24.4 Å². The standard InChI is InChI=1S/C22H21NO3/c1-2-17-11-12-19(23-16-17)13-14-25-20-9-6-10-21(15-20)26-22(24)18-7-4-3-5-8-18/h3-12,15-16H,2,13-14H2,1H3. The van der Waals surface area contributed by atoms with Crippen LogP contribution < -0.4 is 9.47 Å². The maximum absolute atomic E-state index is 12.1. The quantitative estimate of drug-likeness (QED) is 0.467. The van der Waals surface area contributed by atoms with Gasteiger partial charge in [-0.2, -0.15) is 0 Å². The highest BCUT2D eigenvalue weighted by atomic mass is 16.5. The number of hydrogen-bond acceptors (Lipinski definition) is 4. The van der Waals surface area contributed by atoms with E-state index in [-0.39, 0.29) is 5.97 Å². The van der Waals surface area contributed by atoms with Crippen molar-refractivity contribution < 1.29 is 14.3 Å². The van der Waals surface area contributed by atoms with Gasteiger partial charge in [0.05, 0.1) is 12.2 Å². The Balaban J connectivity index is 1.54. The van der Waals surface area contributed by atoms with Crippen LogP contribution in [0.25, 0.3) is 0 Å². The predicted molar refractivity (Wildman–Crippen MR) is 101 cm³/mol. The Kier molecular flexibility index (Phi) is 5.99. The van der Waals surface area contributed by atoms with Crippen LogP contribution in [0.4, 0.5) is 0 Å². The van der Waals surface area contributed by atoms with Crippen LogP contribution in [0.2, 0.25) is 0 Å². The predicted octanol–water partition coefficient (Wildman–Crippen LogP) is 4.48. The zero-order chi connectivity index (χ0) is 18.2. The number of aryl methyl sites for hydroxylation is 1. The van der Waals surface area contributed by atoms with Crippen LogP contribution in [-0.4, -0.2) is 17.6 Å². The number of aromatic nitrogens is 1. The van der Waals surface area contributed by atoms with Crippen molar-refractivity contribution in [3.8, 4) is 11.5 Å². The van der Waals surface area contributed by atoms with Crippen molar-refractivity contribution in [2.75, 3.05) is 6.61 Å². The van der Waals surface area contributed by atoms with Crippen LogP contribution >= 0.6 is 0 Å². The van der Waals surface area contributed by atoms with E-state index in [1.165, 1.54) is 5.56 Å². The van der Waals surface area contributed by atoms with E-state index in [0.29, 0.717) is 23.7 Å². The first kappa shape index (κ1) is 17.7. The second-order valence-electron chi connectivity index (χ2n) is 5.84. The summed E-state index contributed by atoms with van der Waals surface area (Å²) < 4.78 is 11.2. The lowest BCUT2D eigenvalue weighted by Gasteiger charge is -2.09. The van der Waals surface area contributed by atoms with Crippen molar-refractivity contribution in [2.45, 2.75) is 19.8 Å². The summed E-state index contributed by atoms with van der Waals surface area (Å²) in [5, 5.41) is 0. The highest BCUT2D eigenvalue weighted by Crippen LogP contribution is 2.20. The van der Waals surface area contributed by atoms with Gasteiger partial charge in [0.1, 0.15) is 11.5 Å². The molecule has 1 aromatic heterocycles. The first-order valence-corrected chi connectivity index (χ1v) is 8.68. The fourth-order valence-electron chi connectivity index (χ4n) is 2.45. The molecule has 2 aromatic carbocycles. The Hall–Kier alpha value is -3.14. The summed E-state index contributed by atoms with van der Waals surface area (Å²) >= 11 is 0. The topological polar surface area (TPSA) is 48.4 Å². The molecule has 132 valence electrons. The Morgan fingerprint density at radius 1 is 0.962 bits per heavy atom. The van der Waals surface area contributed by atoms with Gasteiger partial charge in [-0.15, -0.1) is 0 Å². The number of benzene rings is 2. The fraction of sp³-hybridized carbons (Fsp3) is 0.182. The van der Waals surface area contributed by atoms with E-state index in [4.69, 9.17) is 9.47 Å². The summed E-state index contributed by atoms with van der Waals surface area (Å²) in [5.74, 6) is 0.735. The first-order valence-electron chi connectivity index (χ1n) is 8.68. The first-order chi connectivity index (χ1) is 12.7. The molecule has 0 saturated heterocycles. The van der Waals surface area contributed by atoms with E-state index in [0.717, 1.165) is 18.5 Å². The van der Waals surface area contributed by atoms with Gasteiger partial charge >= 0.3 is 5.97 Å². The monoisotopic (exact) mass is 347 g/mol. The molecule has 0 amide bonds. The van der Waals surface area contributed by atoms with Crippen LogP contribution in [0.3, 0.4) is 0 Å². The van der Waals surface area contributed by atoms with E-state index < -0.39 is 0 Å². The minimum atomic E-state index is -0.386. The lowest BCUT2D eigenvalue weighted by molar-refractivity contribution is 0.0734. The molecular formula is C22H21NO3. The average Bonchev–Trinajstić information content (AvgIpc) is 2.69. The molecule has 0 spiro atoms. The summed E-state index contributed by atoms with van der Waals surface area (Å²) in [6.07, 6.45) is 3.61. The van der Waals surface area contributed by atoms with E-state index in [2.05, 4.69) is 18.0 Å². The summed E-state index contributed by atoms with van der Waals surface area (Å²) in [7, 11) is 0. The largest absolute Gasteiger partial charge is 0.493 e. The molecule has 1 heterocycles. The number of rotatable bonds is 7. The molecule has 0 unspecified atom stereocenters. The Bertz CT molecular complexity index is 845. The molecule has 0 bridgehead atoms. The molecule has 4 heteroatoms. The molecule has 3 rings (SSSR count). The van der Waals surface area contributed by atoms with E-state index in [9.17, 15) is 4.79 Å². The molecule has 0 aliphatic rings. The molecule has 0 N–H and O–H groups in total. The third kappa shape index (κ3) is 4.93. The van der Waals surface area contributed by atoms with Crippen molar-refractivity contribution in [3.05, 3.63) is 89.7 Å². The molecule has 0 radical (unpaired) electrons. The van der Waals surface area contributed by atoms with Gasteiger partial charge in [0.2, 0.25) is 0 Å². The summed E-state index contributed by atoms with van der Waals surface area (Å²) in [4.78, 5) is 16.5. The molecule has 4 nitrogen and oxygen atoms in total. The van der Waals surface area contributed by atoms with Gasteiger partial charge in [-0.3, -0.25) is 4.98 Å². The van der Waals surface area contributed by atoms with Crippen molar-refractivity contribution in [3.63, 3.8) is 0 Å². The molecule has 0 aliphatic carbocycles. The number of ether oxygens (including phenoxy) is 2. The zero-order valence-electron chi connectivity index (χ0n) is 14.7. The summed E-state index contributed by atoms with van der Waals surface area (Å²) in [6, 6.07) is 20.1. The summed E-state index contributed by atoms with van der Waals surface area (Å²) in [5.41, 5.74) is 2.73. The van der Waals surface area contributed by atoms with Crippen LogP contribution in [0.1, 0.15) is 28.5 Å². The third-order valence-electron chi connectivity index (χ3n) is 3.95. The average molecular weight is 347 g/mol. The number of carbonyl (C=O) groups excluding carboxylic acids is 1. The molecule has 0 atom stereocenters. The molecule has 3 aromatic rings. The van der Waals surface area contributed by atoms with Crippen LogP contribution in [0.5, 0.6) is 11.5 Å². The number of nitrogens with zero attached hydrogens (tertiary/aromatic N) is 1. The molecule has 26 heavy (non-hydrogen) atoms. The Morgan fingerprint density at radius 3 is 2.50 bits per heavy atom. The molecule has 0 fully saturated rings. The maximum Gasteiger partial charge on any atom is 0.343 e. The van der Waals surface area contributed by atoms with Gasteiger partial charge in [-0.1, -0.05) is 37.3 Å². The highest BCUT2D eigenvalue weighted by Gasteiger charge is 2.08. The van der Waals surface area contributed by atoms with Gasteiger partial charge in [0.25, 0.3) is 0 Å². The minimum absolute atomic E-state index is 0.386. The maximum atomic E-state index is 12.1. The normalized spacial score (nSPS) is 10.3. The zero-order valence-corrected chi connectivity index (χ0v) is 14.7. The second kappa shape index (κ2) is 8.81. The number of carbonyl (C=O) groups is 1. The van der Waals surface area contributed by atoms with Crippen molar-refractivity contribution >= 4 is 5.97 Å². The van der Waals surface area contributed by atoms with Crippen molar-refractivity contribution in [2.24, 2.45) is 0 Å². The van der Waals surface area contributed by atoms with Crippen LogP contribution in [-0.2, 0) is 12.8 Å². The lowest BCUT2D eigenvalue weighted by atomic mass is 10.2. The molecule has 0 aliphatic heterocycles. The van der Waals surface area contributed by atoms with Crippen LogP contribution in [0.15, 0.2) is 72.9 Å². The molecule has 0 saturated carbocycles. The number of pyridine rings is 1. The van der Waals surface area contributed by atoms with E-state index in [1.807, 2.05) is 24.4 Å². The SMILES string of the molecule is CCc1ccc(CCOc2cccc(OC(=O)c3ccccc3)c2)nc1.